The molecular formula is C19H25N3O4. The van der Waals surface area contributed by atoms with Gasteiger partial charge in [-0.25, -0.2) is 4.79 Å². The number of fused-ring (bicyclic) bond motifs is 1. The summed E-state index contributed by atoms with van der Waals surface area (Å²) in [5, 5.41) is 0. The van der Waals surface area contributed by atoms with Crippen LogP contribution in [0.15, 0.2) is 24.3 Å². The number of methoxy groups -OCH3 is 1. The minimum Gasteiger partial charge on any atom is -0.383 e. The molecule has 2 saturated heterocycles. The Hall–Kier alpha value is -2.41. The first-order valence-electron chi connectivity index (χ1n) is 8.95. The van der Waals surface area contributed by atoms with Crippen molar-refractivity contribution in [2.45, 2.75) is 25.8 Å². The van der Waals surface area contributed by atoms with Crippen LogP contribution in [-0.2, 0) is 20.7 Å². The summed E-state index contributed by atoms with van der Waals surface area (Å²) < 4.78 is 4.98. The zero-order valence-corrected chi connectivity index (χ0v) is 15.3. The fourth-order valence-electron chi connectivity index (χ4n) is 3.46. The number of benzene rings is 1. The maximum absolute atomic E-state index is 12.7. The van der Waals surface area contributed by atoms with E-state index in [0.29, 0.717) is 32.5 Å². The molecular weight excluding hydrogens is 334 g/mol. The minimum atomic E-state index is -0.580. The van der Waals surface area contributed by atoms with Gasteiger partial charge in [-0.3, -0.25) is 14.5 Å². The summed E-state index contributed by atoms with van der Waals surface area (Å²) in [4.78, 5) is 42.4. The van der Waals surface area contributed by atoms with Crippen LogP contribution in [0.5, 0.6) is 0 Å². The van der Waals surface area contributed by atoms with Crippen LogP contribution in [-0.4, -0.2) is 78.5 Å². The summed E-state index contributed by atoms with van der Waals surface area (Å²) in [6.07, 6.45) is 0.982. The molecule has 0 aliphatic carbocycles. The van der Waals surface area contributed by atoms with Gasteiger partial charge in [0, 0.05) is 20.2 Å². The Kier molecular flexibility index (Phi) is 5.56. The van der Waals surface area contributed by atoms with E-state index in [0.717, 1.165) is 11.1 Å². The molecule has 2 aliphatic rings. The van der Waals surface area contributed by atoms with Gasteiger partial charge in [-0.2, -0.15) is 0 Å². The lowest BCUT2D eigenvalue weighted by molar-refractivity contribution is -0.133. The van der Waals surface area contributed by atoms with E-state index in [1.165, 1.54) is 12.0 Å². The van der Waals surface area contributed by atoms with E-state index < -0.39 is 6.04 Å². The molecule has 0 spiro atoms. The molecule has 1 aromatic rings. The molecule has 2 heterocycles. The third kappa shape index (κ3) is 3.72. The van der Waals surface area contributed by atoms with E-state index >= 15 is 0 Å². The molecule has 0 bridgehead atoms. The second kappa shape index (κ2) is 7.86. The van der Waals surface area contributed by atoms with Crippen molar-refractivity contribution in [2.75, 3.05) is 39.9 Å². The molecule has 7 nitrogen and oxygen atoms in total. The van der Waals surface area contributed by atoms with Crippen molar-refractivity contribution in [1.82, 2.24) is 14.7 Å². The number of rotatable bonds is 5. The molecule has 140 valence electrons. The molecule has 1 aromatic carbocycles. The Labute approximate surface area is 153 Å². The van der Waals surface area contributed by atoms with Crippen LogP contribution in [0.25, 0.3) is 0 Å². The number of carbonyl (C=O) groups excluding carboxylic acids is 3. The number of urea groups is 1. The van der Waals surface area contributed by atoms with Gasteiger partial charge in [0.1, 0.15) is 6.04 Å². The monoisotopic (exact) mass is 359 g/mol. The van der Waals surface area contributed by atoms with Gasteiger partial charge in [-0.05, 0) is 18.9 Å². The quantitative estimate of drug-likeness (QED) is 0.737. The van der Waals surface area contributed by atoms with E-state index in [9.17, 15) is 14.4 Å². The van der Waals surface area contributed by atoms with Crippen LogP contribution in [0.3, 0.4) is 0 Å². The zero-order valence-electron chi connectivity index (χ0n) is 15.3. The van der Waals surface area contributed by atoms with Crippen molar-refractivity contribution in [3.8, 4) is 0 Å². The van der Waals surface area contributed by atoms with Crippen molar-refractivity contribution in [2.24, 2.45) is 0 Å². The fraction of sp³-hybridized carbons (Fsp3) is 0.526. The van der Waals surface area contributed by atoms with E-state index in [4.69, 9.17) is 4.74 Å². The number of nitrogens with zero attached hydrogens (tertiary/aromatic N) is 3. The first kappa shape index (κ1) is 18.4. The summed E-state index contributed by atoms with van der Waals surface area (Å²) in [5.41, 5.74) is 2.11. The van der Waals surface area contributed by atoms with Crippen LogP contribution >= 0.6 is 0 Å². The molecule has 0 aromatic heterocycles. The van der Waals surface area contributed by atoms with Crippen LogP contribution in [0, 0.1) is 6.92 Å². The van der Waals surface area contributed by atoms with Crippen LogP contribution in [0.1, 0.15) is 17.5 Å². The Balaban J connectivity index is 1.68. The highest BCUT2D eigenvalue weighted by atomic mass is 16.5. The first-order valence-corrected chi connectivity index (χ1v) is 8.95. The third-order valence-corrected chi connectivity index (χ3v) is 4.97. The summed E-state index contributed by atoms with van der Waals surface area (Å²) in [5.74, 6) is -0.242. The highest BCUT2D eigenvalue weighted by molar-refractivity contribution is 6.04. The molecule has 4 amide bonds. The maximum atomic E-state index is 12.7. The normalized spacial score (nSPS) is 20.4. The zero-order chi connectivity index (χ0) is 18.7. The predicted octanol–water partition coefficient (Wildman–Crippen LogP) is 1.05. The first-order chi connectivity index (χ1) is 12.5. The van der Waals surface area contributed by atoms with Crippen molar-refractivity contribution < 1.29 is 19.1 Å². The SMILES string of the molecule is COCCN1C(=O)C2CN(C(=O)Cc3ccc(C)cc3)CCCN2C1=O. The fourth-order valence-corrected chi connectivity index (χ4v) is 3.46. The largest absolute Gasteiger partial charge is 0.383 e. The second-order valence-electron chi connectivity index (χ2n) is 6.83. The number of hydrogen-bond acceptors (Lipinski definition) is 4. The molecule has 26 heavy (non-hydrogen) atoms. The molecule has 7 heteroatoms. The molecule has 1 atom stereocenters. The van der Waals surface area contributed by atoms with Crippen molar-refractivity contribution >= 4 is 17.8 Å². The van der Waals surface area contributed by atoms with Gasteiger partial charge in [0.05, 0.1) is 26.1 Å². The summed E-state index contributed by atoms with van der Waals surface area (Å²) in [7, 11) is 1.54. The average Bonchev–Trinajstić information content (AvgIpc) is 2.80. The molecule has 0 N–H and O–H groups in total. The maximum Gasteiger partial charge on any atom is 0.327 e. The van der Waals surface area contributed by atoms with Gasteiger partial charge < -0.3 is 14.5 Å². The Bertz CT molecular complexity index is 689. The highest BCUT2D eigenvalue weighted by Gasteiger charge is 2.46. The Morgan fingerprint density at radius 1 is 1.19 bits per heavy atom. The predicted molar refractivity (Wildman–Crippen MR) is 95.6 cm³/mol. The standard InChI is InChI=1S/C19H25N3O4/c1-14-4-6-15(7-5-14)12-17(23)20-8-3-9-21-16(13-20)18(24)22(19(21)25)10-11-26-2/h4-7,16H,3,8-13H2,1-2H3. The summed E-state index contributed by atoms with van der Waals surface area (Å²) in [6.45, 7) is 3.89. The summed E-state index contributed by atoms with van der Waals surface area (Å²) >= 11 is 0. The van der Waals surface area contributed by atoms with Gasteiger partial charge in [0.25, 0.3) is 5.91 Å². The third-order valence-electron chi connectivity index (χ3n) is 4.97. The number of carbonyl (C=O) groups is 3. The summed E-state index contributed by atoms with van der Waals surface area (Å²) in [6, 6.07) is 7.02. The topological polar surface area (TPSA) is 70.2 Å². The highest BCUT2D eigenvalue weighted by Crippen LogP contribution is 2.22. The number of hydrogen-bond donors (Lipinski definition) is 0. The smallest absolute Gasteiger partial charge is 0.327 e. The van der Waals surface area contributed by atoms with Gasteiger partial charge >= 0.3 is 6.03 Å². The van der Waals surface area contributed by atoms with E-state index in [-0.39, 0.29) is 30.9 Å². The lowest BCUT2D eigenvalue weighted by Crippen LogP contribution is -2.44. The second-order valence-corrected chi connectivity index (χ2v) is 6.83. The lowest BCUT2D eigenvalue weighted by Gasteiger charge is -2.23. The minimum absolute atomic E-state index is 0.00806. The molecule has 0 radical (unpaired) electrons. The number of aryl methyl sites for hydroxylation is 1. The van der Waals surface area contributed by atoms with Gasteiger partial charge in [0.15, 0.2) is 0 Å². The van der Waals surface area contributed by atoms with E-state index in [2.05, 4.69) is 0 Å². The Morgan fingerprint density at radius 2 is 1.92 bits per heavy atom. The lowest BCUT2D eigenvalue weighted by atomic mass is 10.1. The molecule has 2 fully saturated rings. The molecule has 2 aliphatic heterocycles. The van der Waals surface area contributed by atoms with Gasteiger partial charge in [0.2, 0.25) is 5.91 Å². The van der Waals surface area contributed by atoms with Crippen LogP contribution in [0.4, 0.5) is 4.79 Å². The van der Waals surface area contributed by atoms with Crippen molar-refractivity contribution in [1.29, 1.82) is 0 Å². The van der Waals surface area contributed by atoms with Gasteiger partial charge in [-0.15, -0.1) is 0 Å². The average molecular weight is 359 g/mol. The van der Waals surface area contributed by atoms with E-state index in [1.807, 2.05) is 31.2 Å². The van der Waals surface area contributed by atoms with Crippen molar-refractivity contribution in [3.63, 3.8) is 0 Å². The Morgan fingerprint density at radius 3 is 2.62 bits per heavy atom. The van der Waals surface area contributed by atoms with Crippen LogP contribution in [0.2, 0.25) is 0 Å². The van der Waals surface area contributed by atoms with E-state index in [1.54, 1.807) is 9.80 Å². The van der Waals surface area contributed by atoms with Crippen LogP contribution < -0.4 is 0 Å². The van der Waals surface area contributed by atoms with Crippen molar-refractivity contribution in [3.05, 3.63) is 35.4 Å². The number of imide groups is 1. The number of amides is 4. The number of ether oxygens (including phenoxy) is 1. The molecule has 0 saturated carbocycles. The van der Waals surface area contributed by atoms with Gasteiger partial charge in [-0.1, -0.05) is 29.8 Å². The molecule has 1 unspecified atom stereocenters. The molecule has 3 rings (SSSR count).